The van der Waals surface area contributed by atoms with E-state index in [2.05, 4.69) is 16.8 Å². The van der Waals surface area contributed by atoms with Gasteiger partial charge in [0.05, 0.1) is 12.3 Å². The Bertz CT molecular complexity index is 484. The quantitative estimate of drug-likeness (QED) is 0.916. The zero-order chi connectivity index (χ0) is 13.4. The van der Waals surface area contributed by atoms with Crippen LogP contribution in [0.1, 0.15) is 52.2 Å². The summed E-state index contributed by atoms with van der Waals surface area (Å²) >= 11 is 1.29. The number of morpholine rings is 1. The maximum absolute atomic E-state index is 11.3. The van der Waals surface area contributed by atoms with E-state index in [1.54, 1.807) is 0 Å². The molecular formula is C13H18N2O3S. The third-order valence-corrected chi connectivity index (χ3v) is 4.85. The average molecular weight is 282 g/mol. The fraction of sp³-hybridized carbons (Fsp3) is 0.692. The SMILES string of the molecule is CCN1CCOC(c2nc(C3CC3)c(C(=O)O)s2)C1. The van der Waals surface area contributed by atoms with Crippen LogP contribution in [0.25, 0.3) is 0 Å². The van der Waals surface area contributed by atoms with E-state index in [9.17, 15) is 9.90 Å². The van der Waals surface area contributed by atoms with E-state index in [0.29, 0.717) is 17.4 Å². The molecule has 1 saturated heterocycles. The van der Waals surface area contributed by atoms with Crippen molar-refractivity contribution >= 4 is 17.3 Å². The van der Waals surface area contributed by atoms with E-state index < -0.39 is 5.97 Å². The van der Waals surface area contributed by atoms with Gasteiger partial charge < -0.3 is 9.84 Å². The smallest absolute Gasteiger partial charge is 0.347 e. The molecule has 2 aliphatic rings. The molecule has 3 rings (SSSR count). The number of likely N-dealkylation sites (N-methyl/N-ethyl adjacent to an activating group) is 1. The average Bonchev–Trinajstić information content (AvgIpc) is 3.17. The Kier molecular flexibility index (Phi) is 3.56. The predicted molar refractivity (Wildman–Crippen MR) is 71.9 cm³/mol. The predicted octanol–water partition coefficient (Wildman–Crippen LogP) is 2.11. The molecule has 1 atom stereocenters. The first kappa shape index (κ1) is 13.0. The third kappa shape index (κ3) is 2.66. The van der Waals surface area contributed by atoms with Gasteiger partial charge in [-0.05, 0) is 19.4 Å². The molecule has 0 amide bonds. The van der Waals surface area contributed by atoms with E-state index >= 15 is 0 Å². The molecule has 1 aromatic heterocycles. The van der Waals surface area contributed by atoms with Gasteiger partial charge in [0.2, 0.25) is 0 Å². The van der Waals surface area contributed by atoms with Gasteiger partial charge in [-0.1, -0.05) is 6.92 Å². The summed E-state index contributed by atoms with van der Waals surface area (Å²) < 4.78 is 5.76. The van der Waals surface area contributed by atoms with E-state index in [1.807, 2.05) is 0 Å². The molecule has 19 heavy (non-hydrogen) atoms. The van der Waals surface area contributed by atoms with Crippen LogP contribution >= 0.6 is 11.3 Å². The number of carboxylic acids is 1. The largest absolute Gasteiger partial charge is 0.477 e. The fourth-order valence-electron chi connectivity index (χ4n) is 2.41. The summed E-state index contributed by atoms with van der Waals surface area (Å²) in [5.41, 5.74) is 0.782. The topological polar surface area (TPSA) is 62.7 Å². The summed E-state index contributed by atoms with van der Waals surface area (Å²) in [5.74, 6) is -0.490. The van der Waals surface area contributed by atoms with Crippen molar-refractivity contribution in [3.8, 4) is 0 Å². The highest BCUT2D eigenvalue weighted by molar-refractivity contribution is 7.13. The Labute approximate surface area is 116 Å². The lowest BCUT2D eigenvalue weighted by atomic mass is 10.2. The van der Waals surface area contributed by atoms with Gasteiger partial charge in [0, 0.05) is 19.0 Å². The van der Waals surface area contributed by atoms with E-state index in [0.717, 1.165) is 43.2 Å². The zero-order valence-electron chi connectivity index (χ0n) is 11.0. The van der Waals surface area contributed by atoms with Crippen molar-refractivity contribution in [2.75, 3.05) is 26.2 Å². The van der Waals surface area contributed by atoms with E-state index in [1.165, 1.54) is 11.3 Å². The molecule has 1 unspecified atom stereocenters. The molecule has 1 saturated carbocycles. The molecule has 5 nitrogen and oxygen atoms in total. The Hall–Kier alpha value is -0.980. The Morgan fingerprint density at radius 1 is 1.58 bits per heavy atom. The number of carboxylic acid groups (broad SMARTS) is 1. The van der Waals surface area contributed by atoms with Crippen molar-refractivity contribution in [1.82, 2.24) is 9.88 Å². The van der Waals surface area contributed by atoms with Crippen molar-refractivity contribution in [2.24, 2.45) is 0 Å². The van der Waals surface area contributed by atoms with Crippen LogP contribution in [-0.2, 0) is 4.74 Å². The van der Waals surface area contributed by atoms with Gasteiger partial charge >= 0.3 is 5.97 Å². The van der Waals surface area contributed by atoms with Gasteiger partial charge in [-0.2, -0.15) is 0 Å². The maximum atomic E-state index is 11.3. The lowest BCUT2D eigenvalue weighted by Gasteiger charge is -2.30. The van der Waals surface area contributed by atoms with Gasteiger partial charge in [0.1, 0.15) is 16.0 Å². The molecule has 0 spiro atoms. The molecule has 1 aliphatic carbocycles. The normalized spacial score (nSPS) is 24.6. The monoisotopic (exact) mass is 282 g/mol. The summed E-state index contributed by atoms with van der Waals surface area (Å²) in [5, 5.41) is 10.1. The summed E-state index contributed by atoms with van der Waals surface area (Å²) in [6, 6.07) is 0. The minimum atomic E-state index is -0.853. The second-order valence-corrected chi connectivity index (χ2v) is 6.13. The first-order chi connectivity index (χ1) is 9.19. The number of ether oxygens (including phenoxy) is 1. The van der Waals surface area contributed by atoms with Crippen molar-refractivity contribution in [3.05, 3.63) is 15.6 Å². The van der Waals surface area contributed by atoms with Gasteiger partial charge in [-0.15, -0.1) is 11.3 Å². The molecule has 1 aromatic rings. The van der Waals surface area contributed by atoms with Crippen LogP contribution in [-0.4, -0.2) is 47.2 Å². The van der Waals surface area contributed by atoms with Crippen LogP contribution < -0.4 is 0 Å². The summed E-state index contributed by atoms with van der Waals surface area (Å²) in [7, 11) is 0. The van der Waals surface area contributed by atoms with Crippen LogP contribution in [0.5, 0.6) is 0 Å². The molecule has 1 aliphatic heterocycles. The van der Waals surface area contributed by atoms with E-state index in [-0.39, 0.29) is 6.10 Å². The lowest BCUT2D eigenvalue weighted by Crippen LogP contribution is -2.38. The van der Waals surface area contributed by atoms with Gasteiger partial charge in [-0.3, -0.25) is 4.90 Å². The number of thiazole rings is 1. The van der Waals surface area contributed by atoms with Crippen LogP contribution in [0.2, 0.25) is 0 Å². The number of nitrogens with zero attached hydrogens (tertiary/aromatic N) is 2. The highest BCUT2D eigenvalue weighted by Crippen LogP contribution is 2.43. The van der Waals surface area contributed by atoms with Gasteiger partial charge in [0.25, 0.3) is 0 Å². The molecule has 0 aromatic carbocycles. The molecule has 0 bridgehead atoms. The molecule has 2 fully saturated rings. The number of hydrogen-bond donors (Lipinski definition) is 1. The second-order valence-electron chi connectivity index (χ2n) is 5.10. The lowest BCUT2D eigenvalue weighted by molar-refractivity contribution is -0.0283. The van der Waals surface area contributed by atoms with Crippen LogP contribution in [0.3, 0.4) is 0 Å². The first-order valence-corrected chi connectivity index (χ1v) is 7.58. The van der Waals surface area contributed by atoms with Crippen LogP contribution in [0.4, 0.5) is 0 Å². The molecule has 1 N–H and O–H groups in total. The number of hydrogen-bond acceptors (Lipinski definition) is 5. The van der Waals surface area contributed by atoms with Crippen LogP contribution in [0, 0.1) is 0 Å². The number of carbonyl (C=O) groups is 1. The number of rotatable bonds is 4. The first-order valence-electron chi connectivity index (χ1n) is 6.77. The standard InChI is InChI=1S/C13H18N2O3S/c1-2-15-5-6-18-9(7-15)12-14-10(8-3-4-8)11(19-12)13(16)17/h8-9H,2-7H2,1H3,(H,16,17). The van der Waals surface area contributed by atoms with Crippen LogP contribution in [0.15, 0.2) is 0 Å². The number of aromatic carboxylic acids is 1. The molecule has 0 radical (unpaired) electrons. The van der Waals surface area contributed by atoms with Gasteiger partial charge in [0.15, 0.2) is 0 Å². The minimum Gasteiger partial charge on any atom is -0.477 e. The Balaban J connectivity index is 1.84. The van der Waals surface area contributed by atoms with E-state index in [4.69, 9.17) is 4.74 Å². The van der Waals surface area contributed by atoms with Gasteiger partial charge in [-0.25, -0.2) is 9.78 Å². The highest BCUT2D eigenvalue weighted by atomic mass is 32.1. The molecule has 6 heteroatoms. The Morgan fingerprint density at radius 3 is 3.00 bits per heavy atom. The highest BCUT2D eigenvalue weighted by Gasteiger charge is 2.34. The Morgan fingerprint density at radius 2 is 2.37 bits per heavy atom. The molecular weight excluding hydrogens is 264 g/mol. The van der Waals surface area contributed by atoms with Crippen molar-refractivity contribution < 1.29 is 14.6 Å². The minimum absolute atomic E-state index is 0.0655. The van der Waals surface area contributed by atoms with Crippen molar-refractivity contribution in [2.45, 2.75) is 31.8 Å². The molecule has 2 heterocycles. The van der Waals surface area contributed by atoms with Crippen molar-refractivity contribution in [1.29, 1.82) is 0 Å². The van der Waals surface area contributed by atoms with Crippen molar-refractivity contribution in [3.63, 3.8) is 0 Å². The second kappa shape index (κ2) is 5.19. The third-order valence-electron chi connectivity index (χ3n) is 3.70. The summed E-state index contributed by atoms with van der Waals surface area (Å²) in [6.45, 7) is 5.57. The maximum Gasteiger partial charge on any atom is 0.347 e. The summed E-state index contributed by atoms with van der Waals surface area (Å²) in [4.78, 5) is 18.6. The fourth-order valence-corrected chi connectivity index (χ4v) is 3.44. The number of aromatic nitrogens is 1. The zero-order valence-corrected chi connectivity index (χ0v) is 11.8. The summed E-state index contributed by atoms with van der Waals surface area (Å²) in [6.07, 6.45) is 2.07. The molecule has 104 valence electrons.